The lowest BCUT2D eigenvalue weighted by atomic mass is 9.93. The molecule has 0 aliphatic carbocycles. The van der Waals surface area contributed by atoms with E-state index in [4.69, 9.17) is 28.4 Å². The topological polar surface area (TPSA) is 55.4 Å². The van der Waals surface area contributed by atoms with Crippen LogP contribution < -0.4 is 28.4 Å². The molecule has 0 heterocycles. The molecule has 6 heteroatoms. The Morgan fingerprint density at radius 1 is 0.486 bits per heavy atom. The third-order valence-electron chi connectivity index (χ3n) is 5.81. The Bertz CT molecular complexity index is 1370. The molecule has 0 amide bonds. The first-order valence-corrected chi connectivity index (χ1v) is 11.9. The zero-order chi connectivity index (χ0) is 25.3. The van der Waals surface area contributed by atoms with Gasteiger partial charge in [-0.3, -0.25) is 0 Å². The third-order valence-corrected chi connectivity index (χ3v) is 5.81. The molecule has 0 aliphatic heterocycles. The van der Waals surface area contributed by atoms with Gasteiger partial charge in [-0.2, -0.15) is 0 Å². The maximum atomic E-state index is 6.11. The van der Waals surface area contributed by atoms with Gasteiger partial charge in [0.15, 0.2) is 34.5 Å². The minimum absolute atomic E-state index is 0.00276. The molecule has 4 aromatic carbocycles. The van der Waals surface area contributed by atoms with Crippen molar-refractivity contribution >= 4 is 32.3 Å². The Balaban J connectivity index is 2.21. The molecule has 0 atom stereocenters. The largest absolute Gasteiger partial charge is 0.493 e. The molecule has 4 rings (SSSR count). The summed E-state index contributed by atoms with van der Waals surface area (Å²) in [5.41, 5.74) is 0. The van der Waals surface area contributed by atoms with Crippen molar-refractivity contribution in [3.63, 3.8) is 0 Å². The van der Waals surface area contributed by atoms with Crippen molar-refractivity contribution in [2.75, 3.05) is 27.9 Å². The Labute approximate surface area is 206 Å². The van der Waals surface area contributed by atoms with E-state index < -0.39 is 0 Å². The van der Waals surface area contributed by atoms with E-state index in [2.05, 4.69) is 0 Å². The molecule has 0 spiro atoms. The van der Waals surface area contributed by atoms with Gasteiger partial charge in [0.25, 0.3) is 0 Å². The summed E-state index contributed by atoms with van der Waals surface area (Å²) in [5, 5.41) is 6.11. The Morgan fingerprint density at radius 3 is 1.06 bits per heavy atom. The summed E-state index contributed by atoms with van der Waals surface area (Å²) in [6.07, 6.45) is 0.00554. The van der Waals surface area contributed by atoms with Crippen LogP contribution in [0.2, 0.25) is 0 Å². The van der Waals surface area contributed by atoms with Crippen LogP contribution in [0.25, 0.3) is 32.3 Å². The summed E-state index contributed by atoms with van der Waals surface area (Å²) < 4.78 is 35.3. The van der Waals surface area contributed by atoms with Crippen LogP contribution in [-0.2, 0) is 0 Å². The fraction of sp³-hybridized carbons (Fsp3) is 0.379. The summed E-state index contributed by atoms with van der Waals surface area (Å²) in [6.45, 7) is 10.5. The lowest BCUT2D eigenvalue weighted by molar-refractivity contribution is 0.230. The van der Waals surface area contributed by atoms with Crippen molar-refractivity contribution < 1.29 is 28.4 Å². The summed E-state index contributed by atoms with van der Waals surface area (Å²) in [7, 11) is 4.97. The van der Waals surface area contributed by atoms with Crippen molar-refractivity contribution in [1.82, 2.24) is 0 Å². The molecule has 0 aliphatic rings. The van der Waals surface area contributed by atoms with E-state index >= 15 is 0 Å². The van der Waals surface area contributed by atoms with Crippen LogP contribution in [0.15, 0.2) is 36.4 Å². The predicted molar refractivity (Wildman–Crippen MR) is 141 cm³/mol. The van der Waals surface area contributed by atoms with Crippen molar-refractivity contribution in [2.45, 2.75) is 46.8 Å². The van der Waals surface area contributed by atoms with Crippen LogP contribution in [-0.4, -0.2) is 40.1 Å². The van der Waals surface area contributed by atoms with Gasteiger partial charge in [0, 0.05) is 0 Å². The highest BCUT2D eigenvalue weighted by Crippen LogP contribution is 2.47. The van der Waals surface area contributed by atoms with Crippen molar-refractivity contribution in [1.29, 1.82) is 0 Å². The molecule has 186 valence electrons. The number of hydrogen-bond donors (Lipinski definition) is 0. The van der Waals surface area contributed by atoms with Gasteiger partial charge < -0.3 is 28.4 Å². The number of methoxy groups -OCH3 is 3. The molecule has 0 fully saturated rings. The summed E-state index contributed by atoms with van der Waals surface area (Å²) in [5.74, 6) is 4.09. The standard InChI is InChI=1S/C29H34O6/c1-9-33-27-13-21-18(10-24(27)30-6)22-14-28(34-16(2)3)25(31-7)11-19(22)20-12-26(32-8)29(15-23(20)21)35-17(4)5/h10-17H,9H2,1-8H3. The van der Waals surface area contributed by atoms with E-state index in [1.54, 1.807) is 21.3 Å². The Hall–Kier alpha value is -3.54. The third kappa shape index (κ3) is 4.57. The summed E-state index contributed by atoms with van der Waals surface area (Å²) in [6, 6.07) is 12.2. The quantitative estimate of drug-likeness (QED) is 0.238. The van der Waals surface area contributed by atoms with Crippen LogP contribution >= 0.6 is 0 Å². The number of fused-ring (bicyclic) bond motifs is 6. The number of ether oxygens (including phenoxy) is 6. The lowest BCUT2D eigenvalue weighted by Gasteiger charge is -2.20. The van der Waals surface area contributed by atoms with E-state index in [-0.39, 0.29) is 12.2 Å². The molecule has 0 N–H and O–H groups in total. The summed E-state index contributed by atoms with van der Waals surface area (Å²) >= 11 is 0. The molecule has 0 aromatic heterocycles. The lowest BCUT2D eigenvalue weighted by Crippen LogP contribution is -2.07. The molecule has 0 unspecified atom stereocenters. The second-order valence-electron chi connectivity index (χ2n) is 8.91. The number of benzene rings is 4. The first-order valence-electron chi connectivity index (χ1n) is 11.9. The van der Waals surface area contributed by atoms with E-state index in [1.807, 2.05) is 71.0 Å². The van der Waals surface area contributed by atoms with Crippen molar-refractivity contribution in [2.24, 2.45) is 0 Å². The highest BCUT2D eigenvalue weighted by Gasteiger charge is 2.20. The molecule has 0 radical (unpaired) electrons. The van der Waals surface area contributed by atoms with Gasteiger partial charge in [-0.05, 0) is 103 Å². The Morgan fingerprint density at radius 2 is 0.771 bits per heavy atom. The fourth-order valence-electron chi connectivity index (χ4n) is 4.46. The number of hydrogen-bond acceptors (Lipinski definition) is 6. The molecular weight excluding hydrogens is 444 g/mol. The van der Waals surface area contributed by atoms with Gasteiger partial charge in [-0.15, -0.1) is 0 Å². The monoisotopic (exact) mass is 478 g/mol. The number of rotatable bonds is 9. The van der Waals surface area contributed by atoms with E-state index in [0.717, 1.165) is 32.3 Å². The maximum absolute atomic E-state index is 6.11. The minimum Gasteiger partial charge on any atom is -0.493 e. The molecule has 0 saturated carbocycles. The SMILES string of the molecule is CCOc1cc2c(cc1OC)c1cc(OC(C)C)c(OC)cc1c1cc(OC)c(OC(C)C)cc12. The second-order valence-corrected chi connectivity index (χ2v) is 8.91. The summed E-state index contributed by atoms with van der Waals surface area (Å²) in [4.78, 5) is 0. The first kappa shape index (κ1) is 24.6. The van der Waals surface area contributed by atoms with Gasteiger partial charge in [-0.25, -0.2) is 0 Å². The van der Waals surface area contributed by atoms with E-state index in [1.165, 1.54) is 0 Å². The van der Waals surface area contributed by atoms with E-state index in [0.29, 0.717) is 41.1 Å². The smallest absolute Gasteiger partial charge is 0.162 e. The van der Waals surface area contributed by atoms with Crippen molar-refractivity contribution in [3.05, 3.63) is 36.4 Å². The molecular formula is C29H34O6. The van der Waals surface area contributed by atoms with E-state index in [9.17, 15) is 0 Å². The second kappa shape index (κ2) is 9.98. The van der Waals surface area contributed by atoms with Gasteiger partial charge in [0.05, 0.1) is 40.1 Å². The predicted octanol–water partition coefficient (Wildman–Crippen LogP) is 7.15. The average molecular weight is 479 g/mol. The van der Waals surface area contributed by atoms with Crippen LogP contribution in [0.1, 0.15) is 34.6 Å². The molecule has 4 aromatic rings. The first-order chi connectivity index (χ1) is 16.8. The minimum atomic E-state index is 0.00276. The highest BCUT2D eigenvalue weighted by atomic mass is 16.5. The molecule has 0 saturated heterocycles. The normalized spacial score (nSPS) is 11.5. The average Bonchev–Trinajstić information content (AvgIpc) is 2.82. The zero-order valence-electron chi connectivity index (χ0n) is 21.8. The van der Waals surface area contributed by atoms with Crippen LogP contribution in [0.5, 0.6) is 34.5 Å². The molecule has 35 heavy (non-hydrogen) atoms. The van der Waals surface area contributed by atoms with Crippen LogP contribution in [0.3, 0.4) is 0 Å². The highest BCUT2D eigenvalue weighted by molar-refractivity contribution is 6.26. The van der Waals surface area contributed by atoms with Crippen LogP contribution in [0.4, 0.5) is 0 Å². The van der Waals surface area contributed by atoms with Crippen LogP contribution in [0, 0.1) is 0 Å². The fourth-order valence-corrected chi connectivity index (χ4v) is 4.46. The zero-order valence-corrected chi connectivity index (χ0v) is 21.8. The maximum Gasteiger partial charge on any atom is 0.162 e. The Kier molecular flexibility index (Phi) is 7.01. The van der Waals surface area contributed by atoms with Gasteiger partial charge in [-0.1, -0.05) is 0 Å². The molecule has 6 nitrogen and oxygen atoms in total. The van der Waals surface area contributed by atoms with Gasteiger partial charge >= 0.3 is 0 Å². The van der Waals surface area contributed by atoms with Gasteiger partial charge in [0.2, 0.25) is 0 Å². The molecule has 0 bridgehead atoms. The van der Waals surface area contributed by atoms with Gasteiger partial charge in [0.1, 0.15) is 0 Å². The van der Waals surface area contributed by atoms with Crippen molar-refractivity contribution in [3.8, 4) is 34.5 Å².